The molecule has 4 unspecified atom stereocenters. The van der Waals surface area contributed by atoms with Gasteiger partial charge in [-0.1, -0.05) is 37.3 Å². The van der Waals surface area contributed by atoms with Crippen molar-refractivity contribution in [2.24, 2.45) is 5.92 Å². The highest BCUT2D eigenvalue weighted by Crippen LogP contribution is 2.50. The summed E-state index contributed by atoms with van der Waals surface area (Å²) in [7, 11) is 0. The van der Waals surface area contributed by atoms with Gasteiger partial charge in [0.15, 0.2) is 0 Å². The molecule has 20 heavy (non-hydrogen) atoms. The molecule has 1 saturated heterocycles. The monoisotopic (exact) mass is 275 g/mol. The van der Waals surface area contributed by atoms with E-state index in [-0.39, 0.29) is 6.10 Å². The molecule has 0 amide bonds. The molecule has 2 aliphatic rings. The van der Waals surface area contributed by atoms with Crippen LogP contribution in [0.25, 0.3) is 0 Å². The van der Waals surface area contributed by atoms with E-state index in [4.69, 9.17) is 9.47 Å². The molecule has 1 N–H and O–H groups in total. The minimum atomic E-state index is 0.217. The van der Waals surface area contributed by atoms with Crippen LogP contribution in [0.1, 0.15) is 31.2 Å². The van der Waals surface area contributed by atoms with E-state index in [1.807, 2.05) is 0 Å². The molecule has 4 atom stereocenters. The van der Waals surface area contributed by atoms with Crippen LogP contribution >= 0.6 is 0 Å². The van der Waals surface area contributed by atoms with Gasteiger partial charge in [0, 0.05) is 6.04 Å². The molecule has 1 aromatic carbocycles. The second-order valence-corrected chi connectivity index (χ2v) is 5.88. The summed E-state index contributed by atoms with van der Waals surface area (Å²) in [5, 5.41) is 3.70. The van der Waals surface area contributed by atoms with E-state index < -0.39 is 0 Å². The summed E-state index contributed by atoms with van der Waals surface area (Å²) in [5.41, 5.74) is 1.47. The van der Waals surface area contributed by atoms with Crippen LogP contribution < -0.4 is 5.32 Å². The minimum Gasteiger partial charge on any atom is -0.376 e. The molecule has 110 valence electrons. The van der Waals surface area contributed by atoms with Crippen molar-refractivity contribution in [1.82, 2.24) is 5.32 Å². The van der Waals surface area contributed by atoms with Crippen molar-refractivity contribution in [3.63, 3.8) is 0 Å². The van der Waals surface area contributed by atoms with Crippen LogP contribution in [-0.2, 0) is 9.47 Å². The molecule has 0 spiro atoms. The van der Waals surface area contributed by atoms with Gasteiger partial charge in [0.05, 0.1) is 25.9 Å². The average molecular weight is 275 g/mol. The maximum atomic E-state index is 5.94. The highest BCUT2D eigenvalue weighted by atomic mass is 16.6. The molecule has 3 heteroatoms. The van der Waals surface area contributed by atoms with Crippen molar-refractivity contribution in [2.75, 3.05) is 26.4 Å². The molecule has 0 radical (unpaired) electrons. The lowest BCUT2D eigenvalue weighted by atomic mass is 10.0. The zero-order valence-corrected chi connectivity index (χ0v) is 12.3. The predicted molar refractivity (Wildman–Crippen MR) is 79.9 cm³/mol. The first-order chi connectivity index (χ1) is 9.90. The molecule has 0 bridgehead atoms. The molecule has 1 saturated carbocycles. The Morgan fingerprint density at radius 2 is 2.10 bits per heavy atom. The van der Waals surface area contributed by atoms with Gasteiger partial charge in [0.25, 0.3) is 0 Å². The van der Waals surface area contributed by atoms with Gasteiger partial charge in [-0.25, -0.2) is 0 Å². The Morgan fingerprint density at radius 3 is 2.80 bits per heavy atom. The summed E-state index contributed by atoms with van der Waals surface area (Å²) in [4.78, 5) is 0. The van der Waals surface area contributed by atoms with Gasteiger partial charge in [0.2, 0.25) is 0 Å². The van der Waals surface area contributed by atoms with Crippen LogP contribution in [0.15, 0.2) is 30.3 Å². The smallest absolute Gasteiger partial charge is 0.0965 e. The number of hydrogen-bond acceptors (Lipinski definition) is 3. The lowest BCUT2D eigenvalue weighted by Gasteiger charge is -2.31. The maximum absolute atomic E-state index is 5.94. The molecule has 1 aromatic rings. The predicted octanol–water partition coefficient (Wildman–Crippen LogP) is 2.57. The number of nitrogens with one attached hydrogen (secondary N) is 1. The van der Waals surface area contributed by atoms with Crippen LogP contribution in [0.4, 0.5) is 0 Å². The Hall–Kier alpha value is -0.900. The van der Waals surface area contributed by atoms with E-state index in [0.29, 0.717) is 17.9 Å². The Morgan fingerprint density at radius 1 is 1.25 bits per heavy atom. The lowest BCUT2D eigenvalue weighted by molar-refractivity contribution is -0.104. The number of ether oxygens (including phenoxy) is 2. The zero-order chi connectivity index (χ0) is 13.8. The molecule has 2 fully saturated rings. The van der Waals surface area contributed by atoms with Crippen LogP contribution in [-0.4, -0.2) is 38.5 Å². The van der Waals surface area contributed by atoms with Crippen LogP contribution in [0.3, 0.4) is 0 Å². The van der Waals surface area contributed by atoms with Crippen molar-refractivity contribution < 1.29 is 9.47 Å². The van der Waals surface area contributed by atoms with Gasteiger partial charge in [-0.3, -0.25) is 0 Å². The normalized spacial score (nSPS) is 30.9. The molecule has 1 aliphatic heterocycles. The second kappa shape index (κ2) is 6.70. The fraction of sp³-hybridized carbons (Fsp3) is 0.647. The first-order valence-electron chi connectivity index (χ1n) is 7.88. The molecule has 1 aliphatic carbocycles. The van der Waals surface area contributed by atoms with Crippen molar-refractivity contribution in [2.45, 2.75) is 37.8 Å². The Bertz CT molecular complexity index is 403. The average Bonchev–Trinajstić information content (AvgIpc) is 3.30. The number of hydrogen-bond donors (Lipinski definition) is 1. The summed E-state index contributed by atoms with van der Waals surface area (Å²) >= 11 is 0. The molecule has 0 aromatic heterocycles. The summed E-state index contributed by atoms with van der Waals surface area (Å²) in [6.45, 7) is 5.48. The third kappa shape index (κ3) is 3.22. The van der Waals surface area contributed by atoms with Crippen molar-refractivity contribution in [3.05, 3.63) is 35.9 Å². The standard InChI is InChI=1S/C17H25NO2/c1-2-8-18-17(16-12-19-9-10-20-16)15-11-14(15)13-6-4-3-5-7-13/h3-7,14-18H,2,8-12H2,1H3. The Balaban J connectivity index is 1.64. The lowest BCUT2D eigenvalue weighted by Crippen LogP contribution is -2.48. The van der Waals surface area contributed by atoms with E-state index >= 15 is 0 Å². The maximum Gasteiger partial charge on any atom is 0.0965 e. The van der Waals surface area contributed by atoms with Gasteiger partial charge in [0.1, 0.15) is 0 Å². The first-order valence-corrected chi connectivity index (χ1v) is 7.88. The third-order valence-corrected chi connectivity index (χ3v) is 4.40. The quantitative estimate of drug-likeness (QED) is 0.865. The summed E-state index contributed by atoms with van der Waals surface area (Å²) < 4.78 is 11.5. The largest absolute Gasteiger partial charge is 0.376 e. The van der Waals surface area contributed by atoms with E-state index in [9.17, 15) is 0 Å². The van der Waals surface area contributed by atoms with Gasteiger partial charge in [-0.2, -0.15) is 0 Å². The fourth-order valence-electron chi connectivity index (χ4n) is 3.28. The van der Waals surface area contributed by atoms with E-state index in [2.05, 4.69) is 42.6 Å². The molecular formula is C17H25NO2. The van der Waals surface area contributed by atoms with Crippen molar-refractivity contribution in [3.8, 4) is 0 Å². The summed E-state index contributed by atoms with van der Waals surface area (Å²) in [6, 6.07) is 11.3. The second-order valence-electron chi connectivity index (χ2n) is 5.88. The van der Waals surface area contributed by atoms with E-state index in [1.54, 1.807) is 0 Å². The van der Waals surface area contributed by atoms with Gasteiger partial charge in [-0.15, -0.1) is 0 Å². The number of benzene rings is 1. The van der Waals surface area contributed by atoms with E-state index in [1.165, 1.54) is 12.0 Å². The molecule has 3 rings (SSSR count). The third-order valence-electron chi connectivity index (χ3n) is 4.40. The van der Waals surface area contributed by atoms with Gasteiger partial charge in [-0.05, 0) is 36.8 Å². The van der Waals surface area contributed by atoms with E-state index in [0.717, 1.165) is 32.8 Å². The minimum absolute atomic E-state index is 0.217. The number of rotatable bonds is 6. The van der Waals surface area contributed by atoms with Crippen LogP contribution in [0.2, 0.25) is 0 Å². The van der Waals surface area contributed by atoms with Crippen LogP contribution in [0.5, 0.6) is 0 Å². The summed E-state index contributed by atoms with van der Waals surface area (Å²) in [6.07, 6.45) is 2.65. The summed E-state index contributed by atoms with van der Waals surface area (Å²) in [5.74, 6) is 1.38. The van der Waals surface area contributed by atoms with Crippen molar-refractivity contribution >= 4 is 0 Å². The van der Waals surface area contributed by atoms with Gasteiger partial charge < -0.3 is 14.8 Å². The highest BCUT2D eigenvalue weighted by molar-refractivity contribution is 5.27. The molecular weight excluding hydrogens is 250 g/mol. The SMILES string of the molecule is CCCNC(C1COCCO1)C1CC1c1ccccc1. The topological polar surface area (TPSA) is 30.5 Å². The Labute approximate surface area is 121 Å². The van der Waals surface area contributed by atoms with Gasteiger partial charge >= 0.3 is 0 Å². The molecule has 1 heterocycles. The zero-order valence-electron chi connectivity index (χ0n) is 12.3. The Kier molecular flexibility index (Phi) is 4.71. The van der Waals surface area contributed by atoms with Crippen molar-refractivity contribution in [1.29, 1.82) is 0 Å². The molecule has 3 nitrogen and oxygen atoms in total. The highest BCUT2D eigenvalue weighted by Gasteiger charge is 2.47. The first kappa shape index (κ1) is 14.1. The fourth-order valence-corrected chi connectivity index (χ4v) is 3.28. The van der Waals surface area contributed by atoms with Crippen LogP contribution in [0, 0.1) is 5.92 Å².